The third kappa shape index (κ3) is 5.19. The van der Waals surface area contributed by atoms with E-state index in [1.807, 2.05) is 50.1 Å². The molecule has 1 aromatic rings. The second kappa shape index (κ2) is 10.5. The van der Waals surface area contributed by atoms with Gasteiger partial charge in [0, 0.05) is 45.3 Å². The van der Waals surface area contributed by atoms with Crippen LogP contribution in [0.5, 0.6) is 0 Å². The van der Waals surface area contributed by atoms with Crippen molar-refractivity contribution in [1.82, 2.24) is 15.1 Å². The maximum absolute atomic E-state index is 12.4. The van der Waals surface area contributed by atoms with Gasteiger partial charge in [0.1, 0.15) is 0 Å². The molecule has 1 heterocycles. The summed E-state index contributed by atoms with van der Waals surface area (Å²) in [4.78, 5) is 21.2. The van der Waals surface area contributed by atoms with Crippen molar-refractivity contribution in [2.24, 2.45) is 10.4 Å². The van der Waals surface area contributed by atoms with Gasteiger partial charge < -0.3 is 15.1 Å². The van der Waals surface area contributed by atoms with Crippen LogP contribution in [0.15, 0.2) is 29.3 Å². The van der Waals surface area contributed by atoms with Crippen molar-refractivity contribution < 1.29 is 4.79 Å². The normalized spacial score (nSPS) is 18.2. The number of benzene rings is 1. The van der Waals surface area contributed by atoms with Gasteiger partial charge in [-0.15, -0.1) is 24.0 Å². The number of rotatable bonds is 5. The zero-order chi connectivity index (χ0) is 19.3. The first-order valence-electron chi connectivity index (χ1n) is 10.4. The average molecular weight is 498 g/mol. The van der Waals surface area contributed by atoms with Crippen LogP contribution in [0.4, 0.5) is 0 Å². The lowest BCUT2D eigenvalue weighted by atomic mass is 9.86. The van der Waals surface area contributed by atoms with Crippen molar-refractivity contribution in [1.29, 1.82) is 0 Å². The van der Waals surface area contributed by atoms with Crippen LogP contribution < -0.4 is 5.32 Å². The van der Waals surface area contributed by atoms with Gasteiger partial charge in [-0.1, -0.05) is 25.0 Å². The molecule has 0 radical (unpaired) electrons. The Morgan fingerprint density at radius 3 is 2.36 bits per heavy atom. The van der Waals surface area contributed by atoms with Gasteiger partial charge in [0.2, 0.25) is 0 Å². The molecule has 156 valence electrons. The fourth-order valence-electron chi connectivity index (χ4n) is 4.62. The van der Waals surface area contributed by atoms with Crippen LogP contribution in [0.1, 0.15) is 61.9 Å². The lowest BCUT2D eigenvalue weighted by Crippen LogP contribution is -2.40. The molecule has 0 atom stereocenters. The van der Waals surface area contributed by atoms with Gasteiger partial charge in [-0.3, -0.25) is 9.79 Å². The Labute approximate surface area is 187 Å². The number of hydrogen-bond acceptors (Lipinski definition) is 2. The average Bonchev–Trinajstić information content (AvgIpc) is 3.34. The maximum Gasteiger partial charge on any atom is 0.253 e. The van der Waals surface area contributed by atoms with Crippen molar-refractivity contribution in [3.63, 3.8) is 0 Å². The predicted molar refractivity (Wildman–Crippen MR) is 126 cm³/mol. The zero-order valence-corrected chi connectivity index (χ0v) is 19.9. The SMILES string of the molecule is CCN(CC)C(=O)c1ccc(CNC(=NC)N2CCC3(CCCC3)C2)cc1.I. The van der Waals surface area contributed by atoms with Gasteiger partial charge >= 0.3 is 0 Å². The van der Waals surface area contributed by atoms with Gasteiger partial charge in [0.05, 0.1) is 0 Å². The van der Waals surface area contributed by atoms with E-state index in [0.717, 1.165) is 44.2 Å². The topological polar surface area (TPSA) is 47.9 Å². The van der Waals surface area contributed by atoms with Gasteiger partial charge in [0.25, 0.3) is 5.91 Å². The van der Waals surface area contributed by atoms with Crippen molar-refractivity contribution in [2.45, 2.75) is 52.5 Å². The summed E-state index contributed by atoms with van der Waals surface area (Å²) in [7, 11) is 1.87. The Balaban J connectivity index is 0.00000280. The van der Waals surface area contributed by atoms with Crippen LogP contribution in [-0.2, 0) is 6.54 Å². The Morgan fingerprint density at radius 1 is 1.14 bits per heavy atom. The fraction of sp³-hybridized carbons (Fsp3) is 0.636. The molecule has 1 saturated carbocycles. The monoisotopic (exact) mass is 498 g/mol. The molecule has 28 heavy (non-hydrogen) atoms. The van der Waals surface area contributed by atoms with E-state index in [-0.39, 0.29) is 29.9 Å². The molecule has 1 N–H and O–H groups in total. The summed E-state index contributed by atoms with van der Waals surface area (Å²) in [6, 6.07) is 7.95. The molecule has 1 aromatic carbocycles. The van der Waals surface area contributed by atoms with Gasteiger partial charge in [0.15, 0.2) is 5.96 Å². The summed E-state index contributed by atoms with van der Waals surface area (Å²) in [5, 5.41) is 3.51. The molecule has 1 aliphatic heterocycles. The highest BCUT2D eigenvalue weighted by Gasteiger charge is 2.41. The number of carbonyl (C=O) groups is 1. The summed E-state index contributed by atoms with van der Waals surface area (Å²) >= 11 is 0. The molecule has 1 amide bonds. The minimum absolute atomic E-state index is 0. The van der Waals surface area contributed by atoms with E-state index >= 15 is 0 Å². The smallest absolute Gasteiger partial charge is 0.253 e. The van der Waals surface area contributed by atoms with Gasteiger partial charge in [-0.2, -0.15) is 0 Å². The molecule has 2 aliphatic rings. The summed E-state index contributed by atoms with van der Waals surface area (Å²) < 4.78 is 0. The highest BCUT2D eigenvalue weighted by atomic mass is 127. The molecule has 0 unspecified atom stereocenters. The van der Waals surface area contributed by atoms with E-state index < -0.39 is 0 Å². The number of halogens is 1. The predicted octanol–water partition coefficient (Wildman–Crippen LogP) is 4.13. The van der Waals surface area contributed by atoms with Gasteiger partial charge in [-0.25, -0.2) is 0 Å². The minimum Gasteiger partial charge on any atom is -0.352 e. The lowest BCUT2D eigenvalue weighted by molar-refractivity contribution is 0.0773. The molecule has 1 aliphatic carbocycles. The van der Waals surface area contributed by atoms with E-state index in [1.54, 1.807) is 0 Å². The second-order valence-electron chi connectivity index (χ2n) is 7.95. The molecule has 0 bridgehead atoms. The number of hydrogen-bond donors (Lipinski definition) is 1. The van der Waals surface area contributed by atoms with Gasteiger partial charge in [-0.05, 0) is 56.2 Å². The summed E-state index contributed by atoms with van der Waals surface area (Å²) in [5.74, 6) is 1.11. The van der Waals surface area contributed by atoms with Crippen molar-refractivity contribution in [2.75, 3.05) is 33.2 Å². The third-order valence-electron chi connectivity index (χ3n) is 6.32. The van der Waals surface area contributed by atoms with E-state index in [4.69, 9.17) is 0 Å². The van der Waals surface area contributed by atoms with E-state index in [1.165, 1.54) is 37.7 Å². The highest BCUT2D eigenvalue weighted by molar-refractivity contribution is 14.0. The number of amides is 1. The summed E-state index contributed by atoms with van der Waals surface area (Å²) in [6.45, 7) is 8.49. The number of carbonyl (C=O) groups excluding carboxylic acids is 1. The highest BCUT2D eigenvalue weighted by Crippen LogP contribution is 2.45. The van der Waals surface area contributed by atoms with E-state index in [9.17, 15) is 4.79 Å². The first-order chi connectivity index (χ1) is 13.1. The maximum atomic E-state index is 12.4. The first-order valence-corrected chi connectivity index (χ1v) is 10.4. The largest absolute Gasteiger partial charge is 0.352 e. The van der Waals surface area contributed by atoms with Crippen LogP contribution in [-0.4, -0.2) is 54.9 Å². The van der Waals surface area contributed by atoms with Crippen LogP contribution in [0.25, 0.3) is 0 Å². The lowest BCUT2D eigenvalue weighted by Gasteiger charge is -2.26. The Hall–Kier alpha value is -1.31. The Kier molecular flexibility index (Phi) is 8.58. The molecule has 5 nitrogen and oxygen atoms in total. The van der Waals surface area contributed by atoms with Crippen molar-refractivity contribution in [3.05, 3.63) is 35.4 Å². The molecular weight excluding hydrogens is 463 g/mol. The number of nitrogens with zero attached hydrogens (tertiary/aromatic N) is 3. The quantitative estimate of drug-likeness (QED) is 0.378. The summed E-state index contributed by atoms with van der Waals surface area (Å²) in [6.07, 6.45) is 6.83. The zero-order valence-electron chi connectivity index (χ0n) is 17.5. The standard InChI is InChI=1S/C22H34N4O.HI/c1-4-25(5-2)20(27)19-10-8-18(9-11-19)16-24-21(23-3)26-15-14-22(17-26)12-6-7-13-22;/h8-11H,4-7,12-17H2,1-3H3,(H,23,24);1H. The molecule has 6 heteroatoms. The number of aliphatic imine (C=N–C) groups is 1. The Bertz CT molecular complexity index is 664. The van der Waals surface area contributed by atoms with Crippen molar-refractivity contribution in [3.8, 4) is 0 Å². The second-order valence-corrected chi connectivity index (χ2v) is 7.95. The first kappa shape index (κ1) is 23.0. The third-order valence-corrected chi connectivity index (χ3v) is 6.32. The van der Waals surface area contributed by atoms with E-state index in [2.05, 4.69) is 15.2 Å². The minimum atomic E-state index is 0. The Morgan fingerprint density at radius 2 is 1.79 bits per heavy atom. The molecule has 1 saturated heterocycles. The summed E-state index contributed by atoms with van der Waals surface area (Å²) in [5.41, 5.74) is 2.47. The fourth-order valence-corrected chi connectivity index (χ4v) is 4.62. The number of guanidine groups is 1. The van der Waals surface area contributed by atoms with Crippen LogP contribution in [0.3, 0.4) is 0 Å². The van der Waals surface area contributed by atoms with Crippen LogP contribution in [0, 0.1) is 5.41 Å². The van der Waals surface area contributed by atoms with Crippen LogP contribution in [0.2, 0.25) is 0 Å². The van der Waals surface area contributed by atoms with Crippen molar-refractivity contribution >= 4 is 35.8 Å². The number of nitrogens with one attached hydrogen (secondary N) is 1. The number of likely N-dealkylation sites (tertiary alicyclic amines) is 1. The van der Waals surface area contributed by atoms with E-state index in [0.29, 0.717) is 5.41 Å². The molecule has 2 fully saturated rings. The molecule has 3 rings (SSSR count). The molecule has 0 aromatic heterocycles. The molecular formula is C22H35IN4O. The van der Waals surface area contributed by atoms with Crippen LogP contribution >= 0.6 is 24.0 Å². The molecule has 1 spiro atoms.